The van der Waals surface area contributed by atoms with Crippen LogP contribution in [0.1, 0.15) is 23.2 Å². The average molecular weight is 404 g/mol. The number of nitrogens with one attached hydrogen (secondary N) is 1. The molecule has 0 aliphatic carbocycles. The maximum atomic E-state index is 13.3. The minimum Gasteiger partial charge on any atom is -0.506 e. The van der Waals surface area contributed by atoms with Crippen molar-refractivity contribution in [1.29, 1.82) is 0 Å². The lowest BCUT2D eigenvalue weighted by Gasteiger charge is -2.32. The lowest BCUT2D eigenvalue weighted by molar-refractivity contribution is -0.121. The Kier molecular flexibility index (Phi) is 5.57. The van der Waals surface area contributed by atoms with E-state index in [9.17, 15) is 14.7 Å². The largest absolute Gasteiger partial charge is 0.506 e. The number of piperidine rings is 1. The fraction of sp³-hybridized carbons (Fsp3) is 0.250. The Morgan fingerprint density at radius 3 is 2.53 bits per heavy atom. The van der Waals surface area contributed by atoms with Crippen molar-refractivity contribution in [3.8, 4) is 11.5 Å². The number of methoxy groups -OCH3 is 1. The van der Waals surface area contributed by atoms with E-state index in [0.29, 0.717) is 30.8 Å². The molecule has 0 saturated carbocycles. The van der Waals surface area contributed by atoms with Crippen LogP contribution in [0.2, 0.25) is 0 Å². The summed E-state index contributed by atoms with van der Waals surface area (Å²) in [5.74, 6) is 0.148. The Morgan fingerprint density at radius 2 is 1.77 bits per heavy atom. The van der Waals surface area contributed by atoms with Gasteiger partial charge in [-0.2, -0.15) is 0 Å². The molecule has 6 nitrogen and oxygen atoms in total. The van der Waals surface area contributed by atoms with Crippen LogP contribution in [0.15, 0.2) is 60.7 Å². The van der Waals surface area contributed by atoms with Gasteiger partial charge in [0, 0.05) is 24.0 Å². The summed E-state index contributed by atoms with van der Waals surface area (Å²) in [6, 6.07) is 17.9. The summed E-state index contributed by atoms with van der Waals surface area (Å²) in [5.41, 5.74) is 0.986. The standard InChI is InChI=1S/C24H24N2O4/c1-30-22-13-12-19(17-8-2-3-9-18(17)22)24(29)26-14-6-7-16(15-26)23(28)25-20-10-4-5-11-21(20)27/h2-5,8-13,16,27H,6-7,14-15H2,1H3,(H,25,28)/t16-/m0/s1. The van der Waals surface area contributed by atoms with Crippen LogP contribution in [0.5, 0.6) is 11.5 Å². The molecule has 1 heterocycles. The van der Waals surface area contributed by atoms with E-state index in [0.717, 1.165) is 22.9 Å². The summed E-state index contributed by atoms with van der Waals surface area (Å²) in [6.07, 6.45) is 1.45. The van der Waals surface area contributed by atoms with Crippen molar-refractivity contribution in [2.75, 3.05) is 25.5 Å². The highest BCUT2D eigenvalue weighted by molar-refractivity contribution is 6.08. The Balaban J connectivity index is 1.54. The number of carbonyl (C=O) groups excluding carboxylic acids is 2. The Morgan fingerprint density at radius 1 is 1.03 bits per heavy atom. The molecule has 0 radical (unpaired) electrons. The van der Waals surface area contributed by atoms with Crippen molar-refractivity contribution in [3.63, 3.8) is 0 Å². The SMILES string of the molecule is COc1ccc(C(=O)N2CCC[C@H](C(=O)Nc3ccccc3O)C2)c2ccccc12. The van der Waals surface area contributed by atoms with Gasteiger partial charge in [-0.3, -0.25) is 9.59 Å². The first-order valence-electron chi connectivity index (χ1n) is 10.0. The smallest absolute Gasteiger partial charge is 0.254 e. The number of ether oxygens (including phenoxy) is 1. The zero-order chi connectivity index (χ0) is 21.1. The molecule has 154 valence electrons. The van der Waals surface area contributed by atoms with Crippen LogP contribution < -0.4 is 10.1 Å². The highest BCUT2D eigenvalue weighted by atomic mass is 16.5. The maximum Gasteiger partial charge on any atom is 0.254 e. The first-order valence-corrected chi connectivity index (χ1v) is 10.0. The van der Waals surface area contributed by atoms with E-state index >= 15 is 0 Å². The quantitative estimate of drug-likeness (QED) is 0.643. The number of hydrogen-bond donors (Lipinski definition) is 2. The molecule has 1 fully saturated rings. The average Bonchev–Trinajstić information content (AvgIpc) is 2.79. The van der Waals surface area contributed by atoms with Gasteiger partial charge in [0.05, 0.1) is 18.7 Å². The van der Waals surface area contributed by atoms with E-state index in [-0.39, 0.29) is 23.5 Å². The first kappa shape index (κ1) is 19.8. The molecular weight excluding hydrogens is 380 g/mol. The minimum absolute atomic E-state index is 0.0271. The number of carbonyl (C=O) groups is 2. The van der Waals surface area contributed by atoms with E-state index in [4.69, 9.17) is 4.74 Å². The van der Waals surface area contributed by atoms with E-state index in [1.54, 1.807) is 36.3 Å². The molecule has 2 N–H and O–H groups in total. The van der Waals surface area contributed by atoms with Gasteiger partial charge in [-0.05, 0) is 42.5 Å². The normalized spacial score (nSPS) is 16.3. The Hall–Kier alpha value is -3.54. The Labute approximate surface area is 175 Å². The van der Waals surface area contributed by atoms with Crippen LogP contribution in [0.25, 0.3) is 10.8 Å². The van der Waals surface area contributed by atoms with Gasteiger partial charge < -0.3 is 20.1 Å². The van der Waals surface area contributed by atoms with Crippen LogP contribution in [0.4, 0.5) is 5.69 Å². The lowest BCUT2D eigenvalue weighted by atomic mass is 9.95. The number of likely N-dealkylation sites (tertiary alicyclic amines) is 1. The second-order valence-corrected chi connectivity index (χ2v) is 7.46. The van der Waals surface area contributed by atoms with Crippen molar-refractivity contribution in [1.82, 2.24) is 4.90 Å². The van der Waals surface area contributed by atoms with Gasteiger partial charge in [-0.15, -0.1) is 0 Å². The molecule has 6 heteroatoms. The number of benzene rings is 3. The van der Waals surface area contributed by atoms with Crippen molar-refractivity contribution in [2.45, 2.75) is 12.8 Å². The summed E-state index contributed by atoms with van der Waals surface area (Å²) in [7, 11) is 1.61. The Bertz CT molecular complexity index is 1100. The number of amides is 2. The first-order chi connectivity index (χ1) is 14.6. The number of phenols is 1. The minimum atomic E-state index is -0.327. The van der Waals surface area contributed by atoms with Gasteiger partial charge in [0.2, 0.25) is 5.91 Å². The number of rotatable bonds is 4. The van der Waals surface area contributed by atoms with Gasteiger partial charge >= 0.3 is 0 Å². The molecule has 0 aromatic heterocycles. The molecule has 1 saturated heterocycles. The molecule has 0 bridgehead atoms. The number of fused-ring (bicyclic) bond motifs is 1. The second kappa shape index (κ2) is 8.45. The summed E-state index contributed by atoms with van der Waals surface area (Å²) >= 11 is 0. The summed E-state index contributed by atoms with van der Waals surface area (Å²) in [5, 5.41) is 14.4. The molecule has 1 aliphatic rings. The van der Waals surface area contributed by atoms with Gasteiger partial charge in [0.15, 0.2) is 0 Å². The second-order valence-electron chi connectivity index (χ2n) is 7.46. The van der Waals surface area contributed by atoms with Crippen LogP contribution in [0, 0.1) is 5.92 Å². The molecule has 3 aromatic carbocycles. The predicted molar refractivity (Wildman–Crippen MR) is 116 cm³/mol. The van der Waals surface area contributed by atoms with Crippen LogP contribution >= 0.6 is 0 Å². The summed E-state index contributed by atoms with van der Waals surface area (Å²) < 4.78 is 5.42. The van der Waals surface area contributed by atoms with Crippen LogP contribution in [-0.4, -0.2) is 42.0 Å². The third-order valence-corrected chi connectivity index (χ3v) is 5.58. The third-order valence-electron chi connectivity index (χ3n) is 5.58. The lowest BCUT2D eigenvalue weighted by Crippen LogP contribution is -2.43. The van der Waals surface area contributed by atoms with Gasteiger partial charge in [0.1, 0.15) is 11.5 Å². The van der Waals surface area contributed by atoms with E-state index < -0.39 is 0 Å². The molecule has 0 spiro atoms. The highest BCUT2D eigenvalue weighted by Crippen LogP contribution is 2.30. The van der Waals surface area contributed by atoms with Gasteiger partial charge in [-0.25, -0.2) is 0 Å². The molecule has 1 atom stereocenters. The number of phenolic OH excluding ortho intramolecular Hbond substituents is 1. The van der Waals surface area contributed by atoms with Gasteiger partial charge in [-0.1, -0.05) is 36.4 Å². The molecule has 3 aromatic rings. The molecular formula is C24H24N2O4. The molecule has 1 aliphatic heterocycles. The third kappa shape index (κ3) is 3.81. The van der Waals surface area contributed by atoms with E-state index in [1.165, 1.54) is 6.07 Å². The predicted octanol–water partition coefficient (Wildman–Crippen LogP) is 4.04. The van der Waals surface area contributed by atoms with Crippen LogP contribution in [-0.2, 0) is 4.79 Å². The summed E-state index contributed by atoms with van der Waals surface area (Å²) in [6.45, 7) is 0.957. The molecule has 2 amide bonds. The number of aromatic hydroxyl groups is 1. The molecule has 30 heavy (non-hydrogen) atoms. The number of anilines is 1. The van der Waals surface area contributed by atoms with E-state index in [2.05, 4.69) is 5.32 Å². The monoisotopic (exact) mass is 404 g/mol. The number of nitrogens with zero attached hydrogens (tertiary/aromatic N) is 1. The fourth-order valence-electron chi connectivity index (χ4n) is 4.00. The molecule has 0 unspecified atom stereocenters. The van der Waals surface area contributed by atoms with Crippen molar-refractivity contribution < 1.29 is 19.4 Å². The summed E-state index contributed by atoms with van der Waals surface area (Å²) in [4.78, 5) is 27.8. The maximum absolute atomic E-state index is 13.3. The zero-order valence-corrected chi connectivity index (χ0v) is 16.8. The number of para-hydroxylation sites is 2. The van der Waals surface area contributed by atoms with Crippen LogP contribution in [0.3, 0.4) is 0 Å². The van der Waals surface area contributed by atoms with Crippen molar-refractivity contribution >= 4 is 28.3 Å². The van der Waals surface area contributed by atoms with Crippen molar-refractivity contribution in [3.05, 3.63) is 66.2 Å². The fourth-order valence-corrected chi connectivity index (χ4v) is 4.00. The van der Waals surface area contributed by atoms with Gasteiger partial charge in [0.25, 0.3) is 5.91 Å². The molecule has 4 rings (SSSR count). The topological polar surface area (TPSA) is 78.9 Å². The zero-order valence-electron chi connectivity index (χ0n) is 16.8. The van der Waals surface area contributed by atoms with E-state index in [1.807, 2.05) is 30.3 Å². The highest BCUT2D eigenvalue weighted by Gasteiger charge is 2.30. The number of hydrogen-bond acceptors (Lipinski definition) is 4. The van der Waals surface area contributed by atoms with Crippen molar-refractivity contribution in [2.24, 2.45) is 5.92 Å².